The smallest absolute Gasteiger partial charge is 0.251 e. The fourth-order valence-corrected chi connectivity index (χ4v) is 2.68. The van der Waals surface area contributed by atoms with Crippen molar-refractivity contribution in [3.05, 3.63) is 59.7 Å². The third-order valence-electron chi connectivity index (χ3n) is 4.07. The van der Waals surface area contributed by atoms with Gasteiger partial charge in [-0.15, -0.1) is 0 Å². The molecular formula is C21H21F2N3O2. The van der Waals surface area contributed by atoms with Crippen molar-refractivity contribution in [1.29, 1.82) is 5.26 Å². The lowest BCUT2D eigenvalue weighted by molar-refractivity contribution is -0.123. The Labute approximate surface area is 162 Å². The molecule has 0 spiro atoms. The van der Waals surface area contributed by atoms with Gasteiger partial charge in [-0.2, -0.15) is 5.26 Å². The van der Waals surface area contributed by atoms with Gasteiger partial charge in [-0.25, -0.2) is 8.78 Å². The molecule has 0 aromatic heterocycles. The van der Waals surface area contributed by atoms with Gasteiger partial charge in [0.15, 0.2) is 11.6 Å². The summed E-state index contributed by atoms with van der Waals surface area (Å²) in [7, 11) is 0. The maximum absolute atomic E-state index is 13.4. The Hall–Kier alpha value is -3.27. The molecule has 28 heavy (non-hydrogen) atoms. The van der Waals surface area contributed by atoms with Crippen molar-refractivity contribution in [3.63, 3.8) is 0 Å². The molecule has 2 rings (SSSR count). The fourth-order valence-electron chi connectivity index (χ4n) is 2.68. The third-order valence-corrected chi connectivity index (χ3v) is 4.07. The van der Waals surface area contributed by atoms with Crippen LogP contribution in [0.1, 0.15) is 30.6 Å². The van der Waals surface area contributed by atoms with E-state index in [2.05, 4.69) is 10.6 Å². The van der Waals surface area contributed by atoms with Crippen molar-refractivity contribution in [1.82, 2.24) is 10.6 Å². The molecular weight excluding hydrogens is 364 g/mol. The number of nitrogens with zero attached hydrogens (tertiary/aromatic N) is 1. The number of nitriles is 1. The lowest BCUT2D eigenvalue weighted by atomic mass is 10.0. The zero-order valence-electron chi connectivity index (χ0n) is 15.6. The summed E-state index contributed by atoms with van der Waals surface area (Å²) in [6.45, 7) is 3.72. The fraction of sp³-hybridized carbons (Fsp3) is 0.286. The monoisotopic (exact) mass is 385 g/mol. The predicted molar refractivity (Wildman–Crippen MR) is 101 cm³/mol. The number of carbonyl (C=O) groups excluding carboxylic acids is 2. The van der Waals surface area contributed by atoms with Crippen LogP contribution in [0.15, 0.2) is 42.5 Å². The maximum Gasteiger partial charge on any atom is 0.251 e. The van der Waals surface area contributed by atoms with Gasteiger partial charge in [0, 0.05) is 5.56 Å². The molecule has 0 bridgehead atoms. The van der Waals surface area contributed by atoms with E-state index in [1.165, 1.54) is 6.07 Å². The number of halogens is 2. The summed E-state index contributed by atoms with van der Waals surface area (Å²) in [5, 5.41) is 13.7. The highest BCUT2D eigenvalue weighted by molar-refractivity contribution is 5.97. The topological polar surface area (TPSA) is 82.0 Å². The van der Waals surface area contributed by atoms with Gasteiger partial charge in [-0.1, -0.05) is 32.0 Å². The molecule has 0 unspecified atom stereocenters. The Morgan fingerprint density at radius 1 is 1.04 bits per heavy atom. The number of rotatable bonds is 7. The molecule has 0 aliphatic rings. The first-order valence-electron chi connectivity index (χ1n) is 8.82. The lowest BCUT2D eigenvalue weighted by Crippen LogP contribution is -2.47. The first kappa shape index (κ1) is 21.0. The second-order valence-corrected chi connectivity index (χ2v) is 6.74. The van der Waals surface area contributed by atoms with Crippen LogP contribution in [0.2, 0.25) is 0 Å². The highest BCUT2D eigenvalue weighted by Crippen LogP contribution is 2.22. The molecule has 2 amide bonds. The van der Waals surface area contributed by atoms with E-state index in [1.54, 1.807) is 24.3 Å². The summed E-state index contributed by atoms with van der Waals surface area (Å²) in [6, 6.07) is 11.0. The molecule has 2 N–H and O–H groups in total. The van der Waals surface area contributed by atoms with Crippen molar-refractivity contribution in [2.75, 3.05) is 6.54 Å². The van der Waals surface area contributed by atoms with E-state index in [4.69, 9.17) is 5.26 Å². The number of amides is 2. The molecule has 2 aromatic carbocycles. The van der Waals surface area contributed by atoms with E-state index in [-0.39, 0.29) is 12.5 Å². The minimum Gasteiger partial charge on any atom is -0.341 e. The number of hydrogen-bond acceptors (Lipinski definition) is 3. The summed E-state index contributed by atoms with van der Waals surface area (Å²) < 4.78 is 26.4. The Balaban J connectivity index is 2.12. The minimum atomic E-state index is -0.945. The van der Waals surface area contributed by atoms with Gasteiger partial charge < -0.3 is 10.6 Å². The Bertz CT molecular complexity index is 890. The summed E-state index contributed by atoms with van der Waals surface area (Å²) in [6.07, 6.45) is 0.427. The number of benzene rings is 2. The Morgan fingerprint density at radius 2 is 1.68 bits per heavy atom. The van der Waals surface area contributed by atoms with Crippen LogP contribution >= 0.6 is 0 Å². The van der Waals surface area contributed by atoms with Gasteiger partial charge >= 0.3 is 0 Å². The molecule has 2 aromatic rings. The molecule has 0 fully saturated rings. The van der Waals surface area contributed by atoms with Gasteiger partial charge in [-0.05, 0) is 47.7 Å². The normalized spacial score (nSPS) is 11.6. The number of nitrogens with one attached hydrogen (secondary N) is 2. The Kier molecular flexibility index (Phi) is 7.21. The van der Waals surface area contributed by atoms with Crippen molar-refractivity contribution in [2.45, 2.75) is 26.3 Å². The average molecular weight is 385 g/mol. The van der Waals surface area contributed by atoms with E-state index in [0.29, 0.717) is 23.1 Å². The zero-order chi connectivity index (χ0) is 20.7. The van der Waals surface area contributed by atoms with Gasteiger partial charge in [0.1, 0.15) is 12.6 Å². The molecule has 0 saturated carbocycles. The van der Waals surface area contributed by atoms with Crippen LogP contribution in [0.4, 0.5) is 8.78 Å². The minimum absolute atomic E-state index is 0.133. The molecule has 5 nitrogen and oxygen atoms in total. The molecule has 0 saturated heterocycles. The average Bonchev–Trinajstić information content (AvgIpc) is 2.67. The summed E-state index contributed by atoms with van der Waals surface area (Å²) in [5.41, 5.74) is 1.44. The van der Waals surface area contributed by atoms with Crippen LogP contribution < -0.4 is 10.6 Å². The molecule has 0 heterocycles. The van der Waals surface area contributed by atoms with Crippen LogP contribution in [0.5, 0.6) is 0 Å². The maximum atomic E-state index is 13.4. The van der Waals surface area contributed by atoms with E-state index in [1.807, 2.05) is 19.9 Å². The summed E-state index contributed by atoms with van der Waals surface area (Å²) in [4.78, 5) is 24.7. The van der Waals surface area contributed by atoms with Gasteiger partial charge in [0.2, 0.25) is 5.91 Å². The molecule has 1 atom stereocenters. The highest BCUT2D eigenvalue weighted by Gasteiger charge is 2.22. The first-order valence-corrected chi connectivity index (χ1v) is 8.82. The molecule has 7 heteroatoms. The number of carbonyl (C=O) groups is 2. The van der Waals surface area contributed by atoms with Gasteiger partial charge in [-0.3, -0.25) is 9.59 Å². The van der Waals surface area contributed by atoms with E-state index >= 15 is 0 Å². The van der Waals surface area contributed by atoms with Crippen LogP contribution in [-0.2, 0) is 4.79 Å². The molecule has 0 aliphatic heterocycles. The molecule has 146 valence electrons. The summed E-state index contributed by atoms with van der Waals surface area (Å²) in [5.74, 6) is -2.56. The highest BCUT2D eigenvalue weighted by atomic mass is 19.2. The molecule has 0 radical (unpaired) electrons. The van der Waals surface area contributed by atoms with Gasteiger partial charge in [0.05, 0.1) is 6.07 Å². The SMILES string of the molecule is CC(C)C[C@H](NC(=O)c1ccc(-c2ccc(F)c(F)c2)cc1)C(=O)NCC#N. The van der Waals surface area contributed by atoms with Crippen molar-refractivity contribution in [3.8, 4) is 17.2 Å². The standard InChI is InChI=1S/C21H21F2N3O2/c1-13(2)11-19(21(28)25-10-9-24)26-20(27)15-5-3-14(4-6-15)16-7-8-17(22)18(23)12-16/h3-8,12-13,19H,10-11H2,1-2H3,(H,25,28)(H,26,27)/t19-/m0/s1. The first-order chi connectivity index (χ1) is 13.3. The van der Waals surface area contributed by atoms with Crippen LogP contribution in [0, 0.1) is 28.9 Å². The van der Waals surface area contributed by atoms with E-state index < -0.39 is 29.5 Å². The van der Waals surface area contributed by atoms with Gasteiger partial charge in [0.25, 0.3) is 5.91 Å². The van der Waals surface area contributed by atoms with Crippen molar-refractivity contribution >= 4 is 11.8 Å². The van der Waals surface area contributed by atoms with E-state index in [0.717, 1.165) is 12.1 Å². The largest absolute Gasteiger partial charge is 0.341 e. The second kappa shape index (κ2) is 9.60. The van der Waals surface area contributed by atoms with E-state index in [9.17, 15) is 18.4 Å². The zero-order valence-corrected chi connectivity index (χ0v) is 15.6. The Morgan fingerprint density at radius 3 is 2.25 bits per heavy atom. The van der Waals surface area contributed by atoms with Crippen LogP contribution in [0.25, 0.3) is 11.1 Å². The lowest BCUT2D eigenvalue weighted by Gasteiger charge is -2.19. The molecule has 0 aliphatic carbocycles. The predicted octanol–water partition coefficient (Wildman–Crippen LogP) is 3.42. The quantitative estimate of drug-likeness (QED) is 0.717. The van der Waals surface area contributed by atoms with Crippen LogP contribution in [-0.4, -0.2) is 24.4 Å². The third kappa shape index (κ3) is 5.61. The van der Waals surface area contributed by atoms with Crippen LogP contribution in [0.3, 0.4) is 0 Å². The summed E-state index contributed by atoms with van der Waals surface area (Å²) >= 11 is 0. The number of hydrogen-bond donors (Lipinski definition) is 2. The second-order valence-electron chi connectivity index (χ2n) is 6.74. The van der Waals surface area contributed by atoms with Crippen molar-refractivity contribution in [2.24, 2.45) is 5.92 Å². The van der Waals surface area contributed by atoms with Crippen molar-refractivity contribution < 1.29 is 18.4 Å².